The summed E-state index contributed by atoms with van der Waals surface area (Å²) in [5.74, 6) is 2.21. The molecule has 132 valence electrons. The number of para-hydroxylation sites is 1. The van der Waals surface area contributed by atoms with Crippen LogP contribution in [0.2, 0.25) is 0 Å². The van der Waals surface area contributed by atoms with Crippen LogP contribution in [0, 0.1) is 5.92 Å². The zero-order valence-electron chi connectivity index (χ0n) is 14.6. The molecule has 0 radical (unpaired) electrons. The molecule has 4 rings (SSSR count). The molecule has 2 fully saturated rings. The van der Waals surface area contributed by atoms with Crippen LogP contribution in [-0.2, 0) is 11.3 Å². The third-order valence-electron chi connectivity index (χ3n) is 5.25. The highest BCUT2D eigenvalue weighted by Gasteiger charge is 2.53. The number of rotatable bonds is 6. The molecule has 3 heterocycles. The van der Waals surface area contributed by atoms with E-state index >= 15 is 0 Å². The fourth-order valence-corrected chi connectivity index (χ4v) is 3.90. The second-order valence-corrected chi connectivity index (χ2v) is 6.86. The smallest absolute Gasteiger partial charge is 0.137 e. The third kappa shape index (κ3) is 3.34. The first-order chi connectivity index (χ1) is 12.3. The number of benzene rings is 1. The quantitative estimate of drug-likeness (QED) is 0.809. The van der Waals surface area contributed by atoms with E-state index in [1.54, 1.807) is 19.5 Å². The second-order valence-electron chi connectivity index (χ2n) is 6.86. The molecule has 2 aliphatic heterocycles. The van der Waals surface area contributed by atoms with Crippen LogP contribution in [0.4, 0.5) is 0 Å². The first-order valence-corrected chi connectivity index (χ1v) is 8.80. The summed E-state index contributed by atoms with van der Waals surface area (Å²) in [6.07, 6.45) is 4.58. The highest BCUT2D eigenvalue weighted by atomic mass is 16.5. The van der Waals surface area contributed by atoms with E-state index in [4.69, 9.17) is 14.2 Å². The Morgan fingerprint density at radius 3 is 2.92 bits per heavy atom. The van der Waals surface area contributed by atoms with Gasteiger partial charge in [0.05, 0.1) is 25.5 Å². The van der Waals surface area contributed by atoms with E-state index in [9.17, 15) is 0 Å². The van der Waals surface area contributed by atoms with Gasteiger partial charge in [-0.25, -0.2) is 0 Å². The lowest BCUT2D eigenvalue weighted by Gasteiger charge is -2.50. The van der Waals surface area contributed by atoms with Crippen molar-refractivity contribution in [3.63, 3.8) is 0 Å². The number of nitrogens with zero attached hydrogens (tertiary/aromatic N) is 2. The van der Waals surface area contributed by atoms with Crippen molar-refractivity contribution in [2.75, 3.05) is 33.4 Å². The maximum atomic E-state index is 6.13. The molecule has 0 bridgehead atoms. The van der Waals surface area contributed by atoms with E-state index in [1.165, 1.54) is 5.56 Å². The number of likely N-dealkylation sites (tertiary alicyclic amines) is 1. The van der Waals surface area contributed by atoms with Crippen LogP contribution in [0.25, 0.3) is 0 Å². The Morgan fingerprint density at radius 1 is 1.24 bits per heavy atom. The molecule has 1 atom stereocenters. The van der Waals surface area contributed by atoms with Crippen LogP contribution >= 0.6 is 0 Å². The number of hydrogen-bond acceptors (Lipinski definition) is 5. The average Bonchev–Trinajstić information content (AvgIpc) is 3.05. The summed E-state index contributed by atoms with van der Waals surface area (Å²) in [4.78, 5) is 6.52. The standard InChI is InChI=1S/C20H24N2O3/c1-23-19-7-3-2-5-16(19)12-22-14-20(15-22)17(8-10-25-20)13-24-18-6-4-9-21-11-18/h2-7,9,11,17H,8,10,12-15H2,1H3/t17-/m0/s1. The Balaban J connectivity index is 1.34. The van der Waals surface area contributed by atoms with Crippen LogP contribution < -0.4 is 9.47 Å². The predicted octanol–water partition coefficient (Wildman–Crippen LogP) is 2.76. The van der Waals surface area contributed by atoms with Crippen LogP contribution in [0.5, 0.6) is 11.5 Å². The molecule has 0 saturated carbocycles. The van der Waals surface area contributed by atoms with Crippen LogP contribution in [0.15, 0.2) is 48.8 Å². The molecule has 5 heteroatoms. The highest BCUT2D eigenvalue weighted by molar-refractivity contribution is 5.33. The SMILES string of the molecule is COc1ccccc1CN1CC2(C1)OCC[C@H]2COc1cccnc1. The van der Waals surface area contributed by atoms with Crippen molar-refractivity contribution in [1.29, 1.82) is 0 Å². The van der Waals surface area contributed by atoms with Crippen LogP contribution in [0.3, 0.4) is 0 Å². The van der Waals surface area contributed by atoms with Crippen molar-refractivity contribution >= 4 is 0 Å². The molecule has 25 heavy (non-hydrogen) atoms. The second kappa shape index (κ2) is 7.02. The summed E-state index contributed by atoms with van der Waals surface area (Å²) in [5, 5.41) is 0. The van der Waals surface area contributed by atoms with E-state index in [2.05, 4.69) is 22.0 Å². The molecule has 2 aliphatic rings. The fraction of sp³-hybridized carbons (Fsp3) is 0.450. The predicted molar refractivity (Wildman–Crippen MR) is 94.8 cm³/mol. The first kappa shape index (κ1) is 16.4. The molecular weight excluding hydrogens is 316 g/mol. The lowest BCUT2D eigenvalue weighted by atomic mass is 9.81. The van der Waals surface area contributed by atoms with Crippen molar-refractivity contribution in [1.82, 2.24) is 9.88 Å². The van der Waals surface area contributed by atoms with Crippen LogP contribution in [0.1, 0.15) is 12.0 Å². The number of pyridine rings is 1. The Labute approximate surface area is 148 Å². The van der Waals surface area contributed by atoms with Gasteiger partial charge in [-0.1, -0.05) is 18.2 Å². The van der Waals surface area contributed by atoms with Crippen molar-refractivity contribution < 1.29 is 14.2 Å². The summed E-state index contributed by atoms with van der Waals surface area (Å²) in [7, 11) is 1.72. The molecule has 1 aromatic carbocycles. The number of aromatic nitrogens is 1. The van der Waals surface area contributed by atoms with E-state index in [0.29, 0.717) is 12.5 Å². The van der Waals surface area contributed by atoms with Gasteiger partial charge in [0.2, 0.25) is 0 Å². The zero-order valence-corrected chi connectivity index (χ0v) is 14.6. The molecule has 5 nitrogen and oxygen atoms in total. The Morgan fingerprint density at radius 2 is 2.12 bits per heavy atom. The molecule has 2 saturated heterocycles. The van der Waals surface area contributed by atoms with Crippen molar-refractivity contribution in [2.45, 2.75) is 18.6 Å². The minimum atomic E-state index is -0.0514. The molecule has 0 unspecified atom stereocenters. The van der Waals surface area contributed by atoms with E-state index in [0.717, 1.165) is 44.2 Å². The van der Waals surface area contributed by atoms with Gasteiger partial charge in [0.25, 0.3) is 0 Å². The largest absolute Gasteiger partial charge is 0.496 e. The maximum absolute atomic E-state index is 6.13. The van der Waals surface area contributed by atoms with Gasteiger partial charge < -0.3 is 14.2 Å². The summed E-state index contributed by atoms with van der Waals surface area (Å²) in [6.45, 7) is 4.31. The molecular formula is C20H24N2O3. The van der Waals surface area contributed by atoms with Crippen molar-refractivity contribution in [3.8, 4) is 11.5 Å². The lowest BCUT2D eigenvalue weighted by molar-refractivity contribution is -0.140. The summed E-state index contributed by atoms with van der Waals surface area (Å²) >= 11 is 0. The Bertz CT molecular complexity index is 701. The van der Waals surface area contributed by atoms with Gasteiger partial charge >= 0.3 is 0 Å². The van der Waals surface area contributed by atoms with Gasteiger partial charge in [0.15, 0.2) is 0 Å². The lowest BCUT2D eigenvalue weighted by Crippen LogP contribution is -2.64. The van der Waals surface area contributed by atoms with E-state index < -0.39 is 0 Å². The minimum absolute atomic E-state index is 0.0514. The van der Waals surface area contributed by atoms with Gasteiger partial charge in [0.1, 0.15) is 11.5 Å². The van der Waals surface area contributed by atoms with Gasteiger partial charge in [-0.2, -0.15) is 0 Å². The molecule has 1 spiro atoms. The van der Waals surface area contributed by atoms with Crippen LogP contribution in [-0.4, -0.2) is 48.9 Å². The van der Waals surface area contributed by atoms with Crippen molar-refractivity contribution in [3.05, 3.63) is 54.4 Å². The van der Waals surface area contributed by atoms with Gasteiger partial charge in [-0.3, -0.25) is 9.88 Å². The summed E-state index contributed by atoms with van der Waals surface area (Å²) in [6, 6.07) is 12.1. The number of ether oxygens (including phenoxy) is 3. The first-order valence-electron chi connectivity index (χ1n) is 8.80. The average molecular weight is 340 g/mol. The normalized spacial score (nSPS) is 21.9. The topological polar surface area (TPSA) is 43.8 Å². The Kier molecular flexibility index (Phi) is 4.59. The highest BCUT2D eigenvalue weighted by Crippen LogP contribution is 2.41. The van der Waals surface area contributed by atoms with Gasteiger partial charge in [0, 0.05) is 43.9 Å². The number of hydrogen-bond donors (Lipinski definition) is 0. The van der Waals surface area contributed by atoms with E-state index in [-0.39, 0.29) is 5.60 Å². The molecule has 1 aromatic heterocycles. The molecule has 2 aromatic rings. The van der Waals surface area contributed by atoms with E-state index in [1.807, 2.05) is 24.3 Å². The molecule has 0 N–H and O–H groups in total. The molecule has 0 amide bonds. The monoisotopic (exact) mass is 340 g/mol. The Hall–Kier alpha value is -2.11. The van der Waals surface area contributed by atoms with Crippen molar-refractivity contribution in [2.24, 2.45) is 5.92 Å². The minimum Gasteiger partial charge on any atom is -0.496 e. The third-order valence-corrected chi connectivity index (χ3v) is 5.25. The molecule has 0 aliphatic carbocycles. The number of methoxy groups -OCH3 is 1. The fourth-order valence-electron chi connectivity index (χ4n) is 3.90. The summed E-state index contributed by atoms with van der Waals surface area (Å²) in [5.41, 5.74) is 1.17. The van der Waals surface area contributed by atoms with Gasteiger partial charge in [-0.05, 0) is 24.6 Å². The maximum Gasteiger partial charge on any atom is 0.137 e. The zero-order chi connectivity index (χ0) is 17.1. The summed E-state index contributed by atoms with van der Waals surface area (Å²) < 4.78 is 17.5. The van der Waals surface area contributed by atoms with Gasteiger partial charge in [-0.15, -0.1) is 0 Å².